The molecule has 302 valence electrons. The number of likely N-dealkylation sites (N-methyl/N-ethyl adjacent to an activating group) is 1. The lowest BCUT2D eigenvalue weighted by Crippen LogP contribution is -2.52. The zero-order valence-electron chi connectivity index (χ0n) is 31.7. The minimum absolute atomic E-state index is 0.00785. The summed E-state index contributed by atoms with van der Waals surface area (Å²) >= 11 is 12.0. The summed E-state index contributed by atoms with van der Waals surface area (Å²) < 4.78 is 28.0. The second-order valence-corrected chi connectivity index (χ2v) is 16.6. The van der Waals surface area contributed by atoms with Crippen LogP contribution in [0.5, 0.6) is 0 Å². The number of amides is 5. The van der Waals surface area contributed by atoms with Crippen LogP contribution in [0.15, 0.2) is 71.6 Å². The van der Waals surface area contributed by atoms with Gasteiger partial charge in [0.25, 0.3) is 0 Å². The van der Waals surface area contributed by atoms with Crippen LogP contribution >= 0.6 is 23.2 Å². The van der Waals surface area contributed by atoms with Gasteiger partial charge in [-0.05, 0) is 79.6 Å². The lowest BCUT2D eigenvalue weighted by molar-refractivity contribution is -0.142. The van der Waals surface area contributed by atoms with Gasteiger partial charge >= 0.3 is 12.0 Å². The van der Waals surface area contributed by atoms with E-state index in [1.54, 1.807) is 37.4 Å². The predicted octanol–water partition coefficient (Wildman–Crippen LogP) is 5.68. The SMILES string of the molecule is CCC(C)[C@@H](C(=O)NCC[C@H](NC(=O)C[C@@H]1CCCN1S(=O)(=O)c1cc(Cl)cc(Cl)c1)C(=O)O)N(C)C(=O)Cc1ccc(NC(=O)Nc2ccccc2C)cc1. The molecule has 0 spiro atoms. The quantitative estimate of drug-likeness (QED) is 0.115. The number of carboxylic acid groups (broad SMARTS) is 1. The Morgan fingerprint density at radius 1 is 0.982 bits per heavy atom. The molecule has 0 aromatic heterocycles. The van der Waals surface area contributed by atoms with Gasteiger partial charge in [0.2, 0.25) is 27.7 Å². The minimum atomic E-state index is -4.04. The van der Waals surface area contributed by atoms with Gasteiger partial charge in [-0.15, -0.1) is 0 Å². The van der Waals surface area contributed by atoms with Crippen molar-refractivity contribution in [2.75, 3.05) is 30.8 Å². The Morgan fingerprint density at radius 3 is 2.27 bits per heavy atom. The van der Waals surface area contributed by atoms with Gasteiger partial charge in [-0.25, -0.2) is 18.0 Å². The van der Waals surface area contributed by atoms with Crippen LogP contribution in [-0.4, -0.2) is 90.7 Å². The smallest absolute Gasteiger partial charge is 0.326 e. The van der Waals surface area contributed by atoms with E-state index in [9.17, 15) is 37.5 Å². The van der Waals surface area contributed by atoms with Crippen LogP contribution < -0.4 is 21.3 Å². The Morgan fingerprint density at radius 2 is 1.64 bits per heavy atom. The molecule has 1 aliphatic heterocycles. The van der Waals surface area contributed by atoms with Crippen molar-refractivity contribution in [3.05, 3.63) is 87.9 Å². The number of nitrogens with zero attached hydrogens (tertiary/aromatic N) is 2. The number of urea groups is 1. The molecule has 1 fully saturated rings. The zero-order valence-corrected chi connectivity index (χ0v) is 34.0. The topological polar surface area (TPSA) is 194 Å². The van der Waals surface area contributed by atoms with Crippen LogP contribution in [-0.2, 0) is 35.6 Å². The Kier molecular flexibility index (Phi) is 15.7. The molecule has 17 heteroatoms. The van der Waals surface area contributed by atoms with Crippen LogP contribution in [0.1, 0.15) is 57.1 Å². The summed E-state index contributed by atoms with van der Waals surface area (Å²) in [4.78, 5) is 65.7. The van der Waals surface area contributed by atoms with Gasteiger partial charge in [-0.2, -0.15) is 4.31 Å². The first-order valence-corrected chi connectivity index (χ1v) is 20.5. The molecule has 14 nitrogen and oxygen atoms in total. The molecule has 0 saturated carbocycles. The summed E-state index contributed by atoms with van der Waals surface area (Å²) in [7, 11) is -2.49. The first-order valence-electron chi connectivity index (χ1n) is 18.3. The van der Waals surface area contributed by atoms with Gasteiger partial charge in [0.1, 0.15) is 12.1 Å². The number of rotatable bonds is 17. The Bertz CT molecular complexity index is 2000. The van der Waals surface area contributed by atoms with Crippen molar-refractivity contribution in [3.63, 3.8) is 0 Å². The van der Waals surface area contributed by atoms with Crippen molar-refractivity contribution in [1.82, 2.24) is 19.8 Å². The molecule has 1 aliphatic rings. The number of aryl methyl sites for hydroxylation is 1. The molecule has 1 unspecified atom stereocenters. The Hall–Kier alpha value is -4.70. The molecule has 5 N–H and O–H groups in total. The van der Waals surface area contributed by atoms with Crippen molar-refractivity contribution in [2.45, 2.75) is 82.3 Å². The number of hydrogen-bond acceptors (Lipinski definition) is 7. The normalized spacial score (nSPS) is 15.9. The summed E-state index contributed by atoms with van der Waals surface area (Å²) in [6.07, 6.45) is 1.05. The third-order valence-corrected chi connectivity index (χ3v) is 12.1. The number of halogens is 2. The van der Waals surface area contributed by atoms with Crippen molar-refractivity contribution < 1.29 is 37.5 Å². The van der Waals surface area contributed by atoms with E-state index in [1.165, 1.54) is 27.4 Å². The molecular formula is C39H48Cl2N6O8S. The summed E-state index contributed by atoms with van der Waals surface area (Å²) in [5.74, 6) is -3.02. The molecule has 0 radical (unpaired) electrons. The number of nitrogens with one attached hydrogen (secondary N) is 4. The average molecular weight is 832 g/mol. The maximum Gasteiger partial charge on any atom is 0.326 e. The summed E-state index contributed by atoms with van der Waals surface area (Å²) in [5.41, 5.74) is 2.80. The van der Waals surface area contributed by atoms with Gasteiger partial charge in [0.05, 0.1) is 11.3 Å². The third-order valence-electron chi connectivity index (χ3n) is 9.78. The lowest BCUT2D eigenvalue weighted by Gasteiger charge is -2.31. The second kappa shape index (κ2) is 19.9. The molecule has 4 rings (SSSR count). The third kappa shape index (κ3) is 11.9. The van der Waals surface area contributed by atoms with Crippen LogP contribution in [0.2, 0.25) is 10.0 Å². The molecule has 1 heterocycles. The monoisotopic (exact) mass is 830 g/mol. The van der Waals surface area contributed by atoms with Crippen molar-refractivity contribution >= 4 is 74.3 Å². The van der Waals surface area contributed by atoms with Gasteiger partial charge in [0.15, 0.2) is 0 Å². The number of sulfonamides is 1. The molecule has 4 atom stereocenters. The summed E-state index contributed by atoms with van der Waals surface area (Å²) in [6.45, 7) is 5.67. The van der Waals surface area contributed by atoms with Crippen LogP contribution in [0, 0.1) is 12.8 Å². The van der Waals surface area contributed by atoms with Crippen LogP contribution in [0.3, 0.4) is 0 Å². The molecule has 5 amide bonds. The zero-order chi connectivity index (χ0) is 41.2. The van der Waals surface area contributed by atoms with E-state index in [1.807, 2.05) is 39.0 Å². The summed E-state index contributed by atoms with van der Waals surface area (Å²) in [6, 6.07) is 14.8. The van der Waals surface area contributed by atoms with E-state index >= 15 is 0 Å². The molecule has 1 saturated heterocycles. The Balaban J connectivity index is 1.29. The average Bonchev–Trinajstić information content (AvgIpc) is 3.61. The van der Waals surface area contributed by atoms with Gasteiger partial charge in [0, 0.05) is 54.0 Å². The van der Waals surface area contributed by atoms with E-state index in [4.69, 9.17) is 23.2 Å². The van der Waals surface area contributed by atoms with Gasteiger partial charge in [-0.1, -0.05) is 73.8 Å². The number of anilines is 2. The maximum absolute atomic E-state index is 13.5. The fraction of sp³-hybridized carbons (Fsp3) is 0.410. The van der Waals surface area contributed by atoms with E-state index in [2.05, 4.69) is 21.3 Å². The number of carbonyl (C=O) groups is 5. The van der Waals surface area contributed by atoms with E-state index < -0.39 is 52.0 Å². The fourth-order valence-corrected chi connectivity index (χ4v) is 8.93. The first-order chi connectivity index (χ1) is 26.5. The molecule has 0 bridgehead atoms. The van der Waals surface area contributed by atoms with Crippen LogP contribution in [0.4, 0.5) is 16.2 Å². The molecular weight excluding hydrogens is 783 g/mol. The Labute approximate surface area is 337 Å². The highest BCUT2D eigenvalue weighted by Gasteiger charge is 2.37. The van der Waals surface area contributed by atoms with E-state index in [-0.39, 0.29) is 59.1 Å². The largest absolute Gasteiger partial charge is 0.480 e. The number of carbonyl (C=O) groups excluding carboxylic acids is 4. The first kappa shape index (κ1) is 44.0. The predicted molar refractivity (Wildman–Crippen MR) is 215 cm³/mol. The minimum Gasteiger partial charge on any atom is -0.480 e. The van der Waals surface area contributed by atoms with E-state index in [0.717, 1.165) is 5.56 Å². The number of hydrogen-bond donors (Lipinski definition) is 5. The lowest BCUT2D eigenvalue weighted by atomic mass is 9.96. The number of benzene rings is 3. The summed E-state index contributed by atoms with van der Waals surface area (Å²) in [5, 5.41) is 20.9. The van der Waals surface area contributed by atoms with Crippen LogP contribution in [0.25, 0.3) is 0 Å². The highest BCUT2D eigenvalue weighted by atomic mass is 35.5. The number of aliphatic carboxylic acids is 1. The molecule has 56 heavy (non-hydrogen) atoms. The van der Waals surface area contributed by atoms with E-state index in [0.29, 0.717) is 36.2 Å². The van der Waals surface area contributed by atoms with Gasteiger partial charge < -0.3 is 31.3 Å². The maximum atomic E-state index is 13.5. The number of carboxylic acids is 1. The second-order valence-electron chi connectivity index (χ2n) is 13.9. The molecule has 3 aromatic rings. The fourth-order valence-electron chi connectivity index (χ4n) is 6.51. The highest BCUT2D eigenvalue weighted by Crippen LogP contribution is 2.31. The van der Waals surface area contributed by atoms with Crippen molar-refractivity contribution in [3.8, 4) is 0 Å². The number of para-hydroxylation sites is 1. The standard InChI is InChI=1S/C39H48Cl2N6O8S/c1-5-24(2)36(46(4)35(49)19-26-12-14-29(15-13-26)43-39(53)45-32-11-7-6-9-25(32)3)37(50)42-17-16-33(38(51)52)44-34(48)23-30-10-8-18-47(30)56(54,55)31-21-27(40)20-28(41)22-31/h6-7,9,11-15,20-22,24,30,33,36H,5,8,10,16-19,23H2,1-4H3,(H,42,50)(H,44,48)(H,51,52)(H2,43,45,53)/t24?,30-,33-,36-/m0/s1. The molecule has 3 aromatic carbocycles. The van der Waals surface area contributed by atoms with Crippen molar-refractivity contribution in [1.29, 1.82) is 0 Å². The highest BCUT2D eigenvalue weighted by molar-refractivity contribution is 7.89. The molecule has 0 aliphatic carbocycles. The van der Waals surface area contributed by atoms with Crippen molar-refractivity contribution in [2.24, 2.45) is 5.92 Å². The van der Waals surface area contributed by atoms with Gasteiger partial charge in [-0.3, -0.25) is 14.4 Å².